The molecule has 5 heteroatoms. The molecule has 1 saturated heterocycles. The number of aromatic nitrogens is 2. The van der Waals surface area contributed by atoms with Crippen LogP contribution in [0.25, 0.3) is 12.2 Å². The van der Waals surface area contributed by atoms with Crippen LogP contribution in [0.3, 0.4) is 0 Å². The van der Waals surface area contributed by atoms with Gasteiger partial charge in [0.05, 0.1) is 18.9 Å². The van der Waals surface area contributed by atoms with E-state index in [0.29, 0.717) is 11.4 Å². The van der Waals surface area contributed by atoms with Gasteiger partial charge in [0.2, 0.25) is 0 Å². The lowest BCUT2D eigenvalue weighted by Gasteiger charge is -2.28. The second kappa shape index (κ2) is 6.95. The minimum Gasteiger partial charge on any atom is -0.378 e. The quantitative estimate of drug-likeness (QED) is 0.880. The van der Waals surface area contributed by atoms with Crippen molar-refractivity contribution in [3.8, 4) is 0 Å². The van der Waals surface area contributed by atoms with Crippen molar-refractivity contribution in [2.45, 2.75) is 0 Å². The molecule has 2 heterocycles. The molecule has 0 atom stereocenters. The van der Waals surface area contributed by atoms with Gasteiger partial charge in [0.1, 0.15) is 5.69 Å². The smallest absolute Gasteiger partial charge is 0.106 e. The van der Waals surface area contributed by atoms with E-state index < -0.39 is 0 Å². The van der Waals surface area contributed by atoms with E-state index in [4.69, 9.17) is 10.1 Å². The fourth-order valence-electron chi connectivity index (χ4n) is 2.39. The number of hydrogen-bond donors (Lipinski definition) is 1. The Labute approximate surface area is 129 Å². The van der Waals surface area contributed by atoms with Crippen molar-refractivity contribution < 1.29 is 4.74 Å². The van der Waals surface area contributed by atoms with Crippen LogP contribution in [0.15, 0.2) is 36.7 Å². The average Bonchev–Trinajstić information content (AvgIpc) is 2.61. The third-order valence-electron chi connectivity index (χ3n) is 3.60. The van der Waals surface area contributed by atoms with Gasteiger partial charge < -0.3 is 15.0 Å². The molecule has 1 aliphatic rings. The van der Waals surface area contributed by atoms with Gasteiger partial charge in [-0.1, -0.05) is 18.2 Å². The summed E-state index contributed by atoms with van der Waals surface area (Å²) in [5, 5.41) is 7.33. The summed E-state index contributed by atoms with van der Waals surface area (Å²) in [7, 11) is 0. The van der Waals surface area contributed by atoms with Gasteiger partial charge in [0, 0.05) is 37.4 Å². The number of morpholine rings is 1. The zero-order valence-electron chi connectivity index (χ0n) is 12.3. The molecule has 112 valence electrons. The third kappa shape index (κ3) is 3.38. The molecule has 1 fully saturated rings. The number of ether oxygens (including phenoxy) is 1. The fourth-order valence-corrected chi connectivity index (χ4v) is 2.39. The minimum absolute atomic E-state index is 0.573. The second-order valence-electron chi connectivity index (χ2n) is 5.00. The normalized spacial score (nSPS) is 15.2. The van der Waals surface area contributed by atoms with Gasteiger partial charge in [-0.15, -0.1) is 0 Å². The topological polar surface area (TPSA) is 62.1 Å². The molecule has 0 amide bonds. The van der Waals surface area contributed by atoms with Gasteiger partial charge in [-0.3, -0.25) is 9.97 Å². The van der Waals surface area contributed by atoms with Gasteiger partial charge in [-0.25, -0.2) is 0 Å². The van der Waals surface area contributed by atoms with Crippen LogP contribution in [0.5, 0.6) is 0 Å². The minimum atomic E-state index is 0.573. The summed E-state index contributed by atoms with van der Waals surface area (Å²) in [6.07, 6.45) is 8.31. The van der Waals surface area contributed by atoms with E-state index in [1.165, 1.54) is 11.9 Å². The van der Waals surface area contributed by atoms with Gasteiger partial charge in [-0.05, 0) is 23.8 Å². The highest BCUT2D eigenvalue weighted by molar-refractivity contribution is 5.82. The highest BCUT2D eigenvalue weighted by atomic mass is 16.5. The summed E-state index contributed by atoms with van der Waals surface area (Å²) in [4.78, 5) is 10.7. The number of anilines is 1. The molecule has 0 aliphatic carbocycles. The maximum Gasteiger partial charge on any atom is 0.106 e. The molecule has 1 aromatic heterocycles. The Kier molecular flexibility index (Phi) is 4.56. The predicted molar refractivity (Wildman–Crippen MR) is 88.3 cm³/mol. The lowest BCUT2D eigenvalue weighted by Crippen LogP contribution is -2.36. The molecule has 1 aliphatic heterocycles. The highest BCUT2D eigenvalue weighted by Crippen LogP contribution is 2.18. The van der Waals surface area contributed by atoms with Crippen molar-refractivity contribution in [3.63, 3.8) is 0 Å². The van der Waals surface area contributed by atoms with Crippen molar-refractivity contribution in [1.82, 2.24) is 9.97 Å². The first kappa shape index (κ1) is 14.4. The zero-order valence-corrected chi connectivity index (χ0v) is 12.3. The summed E-state index contributed by atoms with van der Waals surface area (Å²) in [6, 6.07) is 8.42. The Hall–Kier alpha value is -2.53. The molecular formula is C17H18N4O. The van der Waals surface area contributed by atoms with Crippen molar-refractivity contribution in [2.24, 2.45) is 0 Å². The van der Waals surface area contributed by atoms with E-state index in [9.17, 15) is 0 Å². The van der Waals surface area contributed by atoms with E-state index in [2.05, 4.69) is 39.1 Å². The van der Waals surface area contributed by atoms with Crippen LogP contribution < -0.4 is 4.90 Å². The molecule has 0 spiro atoms. The highest BCUT2D eigenvalue weighted by Gasteiger charge is 2.10. The van der Waals surface area contributed by atoms with E-state index >= 15 is 0 Å². The molecule has 5 nitrogen and oxygen atoms in total. The standard InChI is InChI=1S/C17H18N4O/c18-13-17-16(19-7-8-20-17)6-3-14-1-4-15(5-2-14)21-9-11-22-12-10-21/h1-8,13,18H,9-12H2/b6-3+,18-13?. The average molecular weight is 294 g/mol. The zero-order chi connectivity index (χ0) is 15.2. The summed E-state index contributed by atoms with van der Waals surface area (Å²) in [5.74, 6) is 0. The number of hydrogen-bond acceptors (Lipinski definition) is 5. The SMILES string of the molecule is N=Cc1nccnc1/C=C/c1ccc(N2CCOCC2)cc1. The second-order valence-corrected chi connectivity index (χ2v) is 5.00. The Morgan fingerprint density at radius 1 is 0.955 bits per heavy atom. The molecule has 22 heavy (non-hydrogen) atoms. The van der Waals surface area contributed by atoms with Crippen LogP contribution in [-0.2, 0) is 4.74 Å². The molecule has 1 N–H and O–H groups in total. The monoisotopic (exact) mass is 294 g/mol. The lowest BCUT2D eigenvalue weighted by molar-refractivity contribution is 0.122. The molecule has 2 aromatic rings. The summed E-state index contributed by atoms with van der Waals surface area (Å²) in [5.41, 5.74) is 3.59. The van der Waals surface area contributed by atoms with Gasteiger partial charge in [0.25, 0.3) is 0 Å². The van der Waals surface area contributed by atoms with Crippen molar-refractivity contribution in [2.75, 3.05) is 31.2 Å². The third-order valence-corrected chi connectivity index (χ3v) is 3.60. The summed E-state index contributed by atoms with van der Waals surface area (Å²) >= 11 is 0. The first-order valence-corrected chi connectivity index (χ1v) is 7.29. The van der Waals surface area contributed by atoms with Gasteiger partial charge >= 0.3 is 0 Å². The summed E-state index contributed by atoms with van der Waals surface area (Å²) < 4.78 is 5.37. The Balaban J connectivity index is 1.73. The van der Waals surface area contributed by atoms with Gasteiger partial charge in [0.15, 0.2) is 0 Å². The van der Waals surface area contributed by atoms with Crippen LogP contribution in [0, 0.1) is 5.41 Å². The Bertz CT molecular complexity index is 661. The fraction of sp³-hybridized carbons (Fsp3) is 0.235. The molecule has 0 radical (unpaired) electrons. The molecule has 0 unspecified atom stereocenters. The molecule has 0 saturated carbocycles. The maximum absolute atomic E-state index is 7.33. The van der Waals surface area contributed by atoms with Crippen molar-refractivity contribution >= 4 is 24.1 Å². The first-order valence-electron chi connectivity index (χ1n) is 7.29. The largest absolute Gasteiger partial charge is 0.378 e. The molecule has 0 bridgehead atoms. The van der Waals surface area contributed by atoms with Crippen LogP contribution in [0.4, 0.5) is 5.69 Å². The van der Waals surface area contributed by atoms with Crippen LogP contribution in [0.1, 0.15) is 17.0 Å². The van der Waals surface area contributed by atoms with Gasteiger partial charge in [-0.2, -0.15) is 0 Å². The molecule has 1 aromatic carbocycles. The van der Waals surface area contributed by atoms with Crippen molar-refractivity contribution in [3.05, 3.63) is 53.6 Å². The first-order chi connectivity index (χ1) is 10.9. The number of rotatable bonds is 4. The number of nitrogens with zero attached hydrogens (tertiary/aromatic N) is 3. The molecular weight excluding hydrogens is 276 g/mol. The van der Waals surface area contributed by atoms with Crippen LogP contribution in [0.2, 0.25) is 0 Å². The van der Waals surface area contributed by atoms with E-state index in [-0.39, 0.29) is 0 Å². The Morgan fingerprint density at radius 3 is 2.32 bits per heavy atom. The number of benzene rings is 1. The molecule has 3 rings (SSSR count). The van der Waals surface area contributed by atoms with E-state index in [0.717, 1.165) is 31.9 Å². The lowest BCUT2D eigenvalue weighted by atomic mass is 10.1. The summed E-state index contributed by atoms with van der Waals surface area (Å²) in [6.45, 7) is 3.47. The van der Waals surface area contributed by atoms with Crippen molar-refractivity contribution in [1.29, 1.82) is 5.41 Å². The number of nitrogens with one attached hydrogen (secondary N) is 1. The van der Waals surface area contributed by atoms with Crippen LogP contribution in [-0.4, -0.2) is 42.5 Å². The van der Waals surface area contributed by atoms with E-state index in [1.54, 1.807) is 12.4 Å². The van der Waals surface area contributed by atoms with E-state index in [1.807, 2.05) is 12.2 Å². The maximum atomic E-state index is 7.33. The Morgan fingerprint density at radius 2 is 1.64 bits per heavy atom. The predicted octanol–water partition coefficient (Wildman–Crippen LogP) is 2.48. The van der Waals surface area contributed by atoms with Crippen LogP contribution >= 0.6 is 0 Å².